The van der Waals surface area contributed by atoms with Gasteiger partial charge in [-0.05, 0) is 26.8 Å². The normalized spacial score (nSPS) is 12.3. The van der Waals surface area contributed by atoms with E-state index in [0.717, 1.165) is 0 Å². The first-order valence-corrected chi connectivity index (χ1v) is 7.33. The smallest absolute Gasteiger partial charge is 0.144 e. The maximum Gasteiger partial charge on any atom is 0.144 e. The monoisotopic (exact) mass is 318 g/mol. The Morgan fingerprint density at radius 3 is 2.70 bits per heavy atom. The third kappa shape index (κ3) is 3.08. The Balaban J connectivity index is 2.53. The van der Waals surface area contributed by atoms with E-state index < -0.39 is 5.82 Å². The van der Waals surface area contributed by atoms with Crippen molar-refractivity contribution < 1.29 is 9.13 Å². The van der Waals surface area contributed by atoms with Crippen molar-refractivity contribution in [3.63, 3.8) is 0 Å². The molecule has 1 heterocycles. The number of fused-ring (bicyclic) bond motifs is 1. The van der Waals surface area contributed by atoms with Crippen LogP contribution in [0.25, 0.3) is 11.0 Å². The summed E-state index contributed by atoms with van der Waals surface area (Å²) in [5, 5.41) is 0.0624. The van der Waals surface area contributed by atoms with Gasteiger partial charge in [-0.3, -0.25) is 0 Å². The predicted octanol–water partition coefficient (Wildman–Crippen LogP) is 4.38. The molecular formula is C14H17Cl2FN2O. The van der Waals surface area contributed by atoms with Crippen LogP contribution in [0.1, 0.15) is 26.6 Å². The van der Waals surface area contributed by atoms with Crippen LogP contribution in [-0.2, 0) is 17.2 Å². The second-order valence-electron chi connectivity index (χ2n) is 5.20. The maximum atomic E-state index is 13.7. The molecule has 2 rings (SSSR count). The first kappa shape index (κ1) is 15.5. The second-order valence-corrected chi connectivity index (χ2v) is 5.87. The Morgan fingerprint density at radius 1 is 1.40 bits per heavy atom. The van der Waals surface area contributed by atoms with Gasteiger partial charge in [0.2, 0.25) is 0 Å². The Morgan fingerprint density at radius 2 is 2.10 bits per heavy atom. The minimum absolute atomic E-state index is 0.0624. The van der Waals surface area contributed by atoms with E-state index in [4.69, 9.17) is 27.9 Å². The van der Waals surface area contributed by atoms with Gasteiger partial charge in [0, 0.05) is 12.7 Å². The summed E-state index contributed by atoms with van der Waals surface area (Å²) >= 11 is 11.7. The van der Waals surface area contributed by atoms with Crippen LogP contribution in [0, 0.1) is 5.82 Å². The highest BCUT2D eigenvalue weighted by Crippen LogP contribution is 2.26. The standard InChI is InChI=1S/C14H17Cl2FN2O/c1-4-20-14(2,3)8-19-12-6-10(17)9(16)5-11(12)18-13(19)7-15/h5-6H,4,7-8H2,1-3H3. The minimum Gasteiger partial charge on any atom is -0.374 e. The first-order chi connectivity index (χ1) is 9.38. The van der Waals surface area contributed by atoms with Crippen molar-refractivity contribution in [2.45, 2.75) is 38.8 Å². The van der Waals surface area contributed by atoms with Gasteiger partial charge in [-0.2, -0.15) is 0 Å². The molecule has 0 unspecified atom stereocenters. The lowest BCUT2D eigenvalue weighted by atomic mass is 10.1. The van der Waals surface area contributed by atoms with Crippen molar-refractivity contribution in [3.05, 3.63) is 28.8 Å². The number of rotatable bonds is 5. The zero-order chi connectivity index (χ0) is 14.9. The molecule has 0 atom stereocenters. The van der Waals surface area contributed by atoms with E-state index in [2.05, 4.69) is 4.98 Å². The summed E-state index contributed by atoms with van der Waals surface area (Å²) in [4.78, 5) is 4.40. The fourth-order valence-corrected chi connectivity index (χ4v) is 2.63. The number of halogens is 3. The molecule has 2 aromatic rings. The summed E-state index contributed by atoms with van der Waals surface area (Å²) in [6.45, 7) is 7.05. The van der Waals surface area contributed by atoms with E-state index in [1.807, 2.05) is 25.3 Å². The average Bonchev–Trinajstić information content (AvgIpc) is 2.67. The largest absolute Gasteiger partial charge is 0.374 e. The van der Waals surface area contributed by atoms with Gasteiger partial charge >= 0.3 is 0 Å². The Labute approximate surface area is 127 Å². The molecule has 0 bridgehead atoms. The van der Waals surface area contributed by atoms with Crippen molar-refractivity contribution in [2.75, 3.05) is 6.61 Å². The van der Waals surface area contributed by atoms with E-state index in [9.17, 15) is 4.39 Å². The van der Waals surface area contributed by atoms with Gasteiger partial charge in [0.25, 0.3) is 0 Å². The zero-order valence-corrected chi connectivity index (χ0v) is 13.2. The number of hydrogen-bond acceptors (Lipinski definition) is 2. The molecule has 0 N–H and O–H groups in total. The fourth-order valence-electron chi connectivity index (χ4n) is 2.27. The second kappa shape index (κ2) is 5.88. The van der Waals surface area contributed by atoms with Gasteiger partial charge in [0.05, 0.1) is 34.1 Å². The minimum atomic E-state index is -0.462. The van der Waals surface area contributed by atoms with Crippen LogP contribution in [0.15, 0.2) is 12.1 Å². The molecule has 0 radical (unpaired) electrons. The summed E-state index contributed by atoms with van der Waals surface area (Å²) < 4.78 is 21.3. The van der Waals surface area contributed by atoms with Crippen LogP contribution in [0.2, 0.25) is 5.02 Å². The molecule has 0 spiro atoms. The summed E-state index contributed by atoms with van der Waals surface area (Å²) in [5.74, 6) is 0.461. The van der Waals surface area contributed by atoms with Crippen LogP contribution in [0.5, 0.6) is 0 Å². The molecular weight excluding hydrogens is 302 g/mol. The molecule has 0 aliphatic carbocycles. The Bertz CT molecular complexity index is 625. The van der Waals surface area contributed by atoms with Crippen LogP contribution >= 0.6 is 23.2 Å². The van der Waals surface area contributed by atoms with Crippen LogP contribution in [-0.4, -0.2) is 21.8 Å². The quantitative estimate of drug-likeness (QED) is 0.765. The molecule has 0 amide bonds. The highest BCUT2D eigenvalue weighted by atomic mass is 35.5. The van der Waals surface area contributed by atoms with Crippen molar-refractivity contribution in [1.82, 2.24) is 9.55 Å². The summed E-state index contributed by atoms with van der Waals surface area (Å²) in [6, 6.07) is 2.91. The molecule has 0 saturated heterocycles. The van der Waals surface area contributed by atoms with Gasteiger partial charge in [0.15, 0.2) is 0 Å². The maximum absolute atomic E-state index is 13.7. The lowest BCUT2D eigenvalue weighted by Gasteiger charge is -2.26. The Hall–Kier alpha value is -0.840. The lowest BCUT2D eigenvalue weighted by molar-refractivity contribution is -0.0220. The van der Waals surface area contributed by atoms with Gasteiger partial charge in [-0.15, -0.1) is 11.6 Å². The number of imidazole rings is 1. The van der Waals surface area contributed by atoms with Gasteiger partial charge in [0.1, 0.15) is 11.6 Å². The number of hydrogen-bond donors (Lipinski definition) is 0. The van der Waals surface area contributed by atoms with Crippen LogP contribution in [0.4, 0.5) is 4.39 Å². The fraction of sp³-hybridized carbons (Fsp3) is 0.500. The number of nitrogens with zero attached hydrogens (tertiary/aromatic N) is 2. The molecule has 0 fully saturated rings. The van der Waals surface area contributed by atoms with Gasteiger partial charge in [-0.25, -0.2) is 9.37 Å². The van der Waals surface area contributed by atoms with E-state index in [-0.39, 0.29) is 16.5 Å². The van der Waals surface area contributed by atoms with Crippen LogP contribution < -0.4 is 0 Å². The Kier molecular flexibility index (Phi) is 4.57. The third-order valence-corrected chi connectivity index (χ3v) is 3.59. The van der Waals surface area contributed by atoms with Crippen molar-refractivity contribution in [3.8, 4) is 0 Å². The number of aromatic nitrogens is 2. The molecule has 20 heavy (non-hydrogen) atoms. The molecule has 6 heteroatoms. The van der Waals surface area contributed by atoms with Crippen molar-refractivity contribution in [1.29, 1.82) is 0 Å². The molecule has 1 aromatic heterocycles. The van der Waals surface area contributed by atoms with Crippen molar-refractivity contribution in [2.24, 2.45) is 0 Å². The van der Waals surface area contributed by atoms with Gasteiger partial charge < -0.3 is 9.30 Å². The molecule has 0 aliphatic rings. The molecule has 0 saturated carbocycles. The molecule has 110 valence electrons. The summed E-state index contributed by atoms with van der Waals surface area (Å²) in [6.07, 6.45) is 0. The third-order valence-electron chi connectivity index (χ3n) is 3.06. The van der Waals surface area contributed by atoms with E-state index in [1.54, 1.807) is 0 Å². The number of alkyl halides is 1. The summed E-state index contributed by atoms with van der Waals surface area (Å²) in [5.41, 5.74) is 0.925. The highest BCUT2D eigenvalue weighted by molar-refractivity contribution is 6.31. The first-order valence-electron chi connectivity index (χ1n) is 6.42. The average molecular weight is 319 g/mol. The zero-order valence-electron chi connectivity index (χ0n) is 11.7. The number of benzene rings is 1. The predicted molar refractivity (Wildman–Crippen MR) is 80.0 cm³/mol. The SMILES string of the molecule is CCOC(C)(C)Cn1c(CCl)nc2cc(Cl)c(F)cc21. The molecule has 0 aliphatic heterocycles. The lowest BCUT2D eigenvalue weighted by Crippen LogP contribution is -2.31. The van der Waals surface area contributed by atoms with Crippen molar-refractivity contribution >= 4 is 34.2 Å². The van der Waals surface area contributed by atoms with E-state index >= 15 is 0 Å². The van der Waals surface area contributed by atoms with E-state index in [0.29, 0.717) is 30.0 Å². The molecule has 3 nitrogen and oxygen atoms in total. The van der Waals surface area contributed by atoms with Gasteiger partial charge in [-0.1, -0.05) is 11.6 Å². The molecule has 1 aromatic carbocycles. The topological polar surface area (TPSA) is 27.1 Å². The van der Waals surface area contributed by atoms with E-state index in [1.165, 1.54) is 12.1 Å². The number of ether oxygens (including phenoxy) is 1. The summed E-state index contributed by atoms with van der Waals surface area (Å²) in [7, 11) is 0. The van der Waals surface area contributed by atoms with Crippen LogP contribution in [0.3, 0.4) is 0 Å². The highest BCUT2D eigenvalue weighted by Gasteiger charge is 2.22.